The summed E-state index contributed by atoms with van der Waals surface area (Å²) >= 11 is 0. The van der Waals surface area contributed by atoms with Gasteiger partial charge < -0.3 is 5.32 Å². The molecule has 0 bridgehead atoms. The van der Waals surface area contributed by atoms with Gasteiger partial charge in [0.25, 0.3) is 11.1 Å². The highest BCUT2D eigenvalue weighted by Crippen LogP contribution is 2.17. The van der Waals surface area contributed by atoms with Crippen molar-refractivity contribution in [3.8, 4) is 0 Å². The number of hydrogen-bond acceptors (Lipinski definition) is 6. The van der Waals surface area contributed by atoms with Crippen molar-refractivity contribution in [2.24, 2.45) is 7.05 Å². The molecule has 1 unspecified atom stereocenters. The van der Waals surface area contributed by atoms with E-state index in [1.54, 1.807) is 12.1 Å². The van der Waals surface area contributed by atoms with Gasteiger partial charge in [-0.2, -0.15) is 5.10 Å². The lowest BCUT2D eigenvalue weighted by molar-refractivity contribution is 0.148. The zero-order valence-corrected chi connectivity index (χ0v) is 15.8. The summed E-state index contributed by atoms with van der Waals surface area (Å²) in [5.74, 6) is 0.435. The molecule has 146 valence electrons. The Morgan fingerprint density at radius 2 is 2.00 bits per heavy atom. The molecule has 1 fully saturated rings. The summed E-state index contributed by atoms with van der Waals surface area (Å²) in [6.45, 7) is 4.73. The average Bonchev–Trinajstić information content (AvgIpc) is 2.65. The topological polar surface area (TPSA) is 105 Å². The van der Waals surface area contributed by atoms with E-state index in [2.05, 4.69) is 20.3 Å². The van der Waals surface area contributed by atoms with Crippen LogP contribution in [-0.2, 0) is 13.6 Å². The molecule has 1 aliphatic heterocycles. The Morgan fingerprint density at radius 1 is 1.19 bits per heavy atom. The molecule has 3 rings (SSSR count). The van der Waals surface area contributed by atoms with E-state index in [1.807, 2.05) is 6.92 Å². The first-order chi connectivity index (χ1) is 12.9. The second-order valence-electron chi connectivity index (χ2n) is 6.99. The van der Waals surface area contributed by atoms with E-state index in [-0.39, 0.29) is 17.2 Å². The Labute approximate surface area is 156 Å². The zero-order valence-electron chi connectivity index (χ0n) is 15.8. The fourth-order valence-electron chi connectivity index (χ4n) is 3.40. The molecule has 2 N–H and O–H groups in total. The molecular weight excluding hydrogens is 348 g/mol. The third-order valence-corrected chi connectivity index (χ3v) is 5.02. The highest BCUT2D eigenvalue weighted by atomic mass is 16.2. The largest absolute Gasteiger partial charge is 0.370 e. The predicted octanol–water partition coefficient (Wildman–Crippen LogP) is -0.0947. The number of anilines is 1. The molecule has 9 heteroatoms. The number of aromatic nitrogens is 4. The minimum absolute atomic E-state index is 0.0926. The maximum Gasteiger partial charge on any atom is 0.329 e. The van der Waals surface area contributed by atoms with Crippen LogP contribution in [0.3, 0.4) is 0 Å². The molecule has 0 radical (unpaired) electrons. The Morgan fingerprint density at radius 3 is 2.78 bits per heavy atom. The molecule has 3 heterocycles. The summed E-state index contributed by atoms with van der Waals surface area (Å²) in [7, 11) is 1.44. The second kappa shape index (κ2) is 8.34. The summed E-state index contributed by atoms with van der Waals surface area (Å²) < 4.78 is 2.54. The molecule has 27 heavy (non-hydrogen) atoms. The van der Waals surface area contributed by atoms with Crippen LogP contribution in [0.5, 0.6) is 0 Å². The van der Waals surface area contributed by atoms with Gasteiger partial charge in [-0.05, 0) is 32.4 Å². The summed E-state index contributed by atoms with van der Waals surface area (Å²) in [4.78, 5) is 40.4. The maximum absolute atomic E-state index is 11.9. The molecule has 0 aliphatic carbocycles. The number of piperidine rings is 1. The molecule has 0 aromatic carbocycles. The van der Waals surface area contributed by atoms with Gasteiger partial charge in [0.05, 0.1) is 12.2 Å². The zero-order chi connectivity index (χ0) is 19.4. The summed E-state index contributed by atoms with van der Waals surface area (Å²) in [6.07, 6.45) is 3.28. The van der Waals surface area contributed by atoms with E-state index in [0.29, 0.717) is 18.9 Å². The second-order valence-corrected chi connectivity index (χ2v) is 6.99. The van der Waals surface area contributed by atoms with E-state index in [0.717, 1.165) is 42.6 Å². The van der Waals surface area contributed by atoms with Crippen LogP contribution in [0.15, 0.2) is 32.6 Å². The third-order valence-electron chi connectivity index (χ3n) is 5.02. The van der Waals surface area contributed by atoms with Crippen LogP contribution >= 0.6 is 0 Å². The van der Waals surface area contributed by atoms with Crippen molar-refractivity contribution < 1.29 is 0 Å². The number of nitrogens with zero attached hydrogens (tertiary/aromatic N) is 4. The van der Waals surface area contributed by atoms with Gasteiger partial charge in [-0.1, -0.05) is 6.42 Å². The normalized spacial score (nSPS) is 17.8. The number of aromatic amines is 1. The lowest BCUT2D eigenvalue weighted by Crippen LogP contribution is -2.46. The number of hydrogen-bond donors (Lipinski definition) is 2. The van der Waals surface area contributed by atoms with Crippen LogP contribution in [0.4, 0.5) is 5.82 Å². The van der Waals surface area contributed by atoms with E-state index < -0.39 is 5.69 Å². The van der Waals surface area contributed by atoms with Gasteiger partial charge in [-0.25, -0.2) is 9.48 Å². The molecular formula is C18H26N6O3. The minimum Gasteiger partial charge on any atom is -0.370 e. The molecule has 1 aliphatic rings. The van der Waals surface area contributed by atoms with Crippen molar-refractivity contribution in [1.82, 2.24) is 24.2 Å². The van der Waals surface area contributed by atoms with E-state index in [9.17, 15) is 14.4 Å². The number of likely N-dealkylation sites (tertiary alicyclic amines) is 1. The summed E-state index contributed by atoms with van der Waals surface area (Å²) in [5, 5.41) is 7.47. The SMILES string of the molecule is Cc1ccc(=O)n(CCN2CCCCC2CNc2cc(=O)n(C)c(=O)[nH]2)n1. The van der Waals surface area contributed by atoms with E-state index in [4.69, 9.17) is 0 Å². The standard InChI is InChI=1S/C18H26N6O3/c1-13-6-7-16(25)24(21-13)10-9-23-8-4-3-5-14(23)12-19-15-11-17(26)22(2)18(27)20-15/h6-7,11,14,19H,3-5,8-10,12H2,1-2H3,(H,20,27). The molecule has 9 nitrogen and oxygen atoms in total. The smallest absolute Gasteiger partial charge is 0.329 e. The van der Waals surface area contributed by atoms with E-state index >= 15 is 0 Å². The lowest BCUT2D eigenvalue weighted by atomic mass is 10.0. The molecule has 2 aromatic rings. The quantitative estimate of drug-likeness (QED) is 0.732. The molecule has 0 saturated carbocycles. The maximum atomic E-state index is 11.9. The Bertz CT molecular complexity index is 929. The van der Waals surface area contributed by atoms with Crippen LogP contribution in [0, 0.1) is 6.92 Å². The molecule has 1 atom stereocenters. The average molecular weight is 374 g/mol. The predicted molar refractivity (Wildman–Crippen MR) is 103 cm³/mol. The van der Waals surface area contributed by atoms with Gasteiger partial charge in [0, 0.05) is 38.3 Å². The van der Waals surface area contributed by atoms with Crippen LogP contribution < -0.4 is 22.1 Å². The van der Waals surface area contributed by atoms with Crippen molar-refractivity contribution in [1.29, 1.82) is 0 Å². The van der Waals surface area contributed by atoms with Gasteiger partial charge in [0.2, 0.25) is 0 Å². The van der Waals surface area contributed by atoms with Crippen LogP contribution in [0.2, 0.25) is 0 Å². The third kappa shape index (κ3) is 4.73. The fraction of sp³-hybridized carbons (Fsp3) is 0.556. The Kier molecular flexibility index (Phi) is 5.90. The van der Waals surface area contributed by atoms with Gasteiger partial charge in [0.1, 0.15) is 5.82 Å². The number of aryl methyl sites for hydroxylation is 1. The van der Waals surface area contributed by atoms with E-state index in [1.165, 1.54) is 17.8 Å². The number of rotatable bonds is 6. The van der Waals surface area contributed by atoms with Gasteiger partial charge in [-0.15, -0.1) is 0 Å². The first-order valence-electron chi connectivity index (χ1n) is 9.27. The summed E-state index contributed by atoms with van der Waals surface area (Å²) in [5.41, 5.74) is -0.0480. The van der Waals surface area contributed by atoms with Crippen LogP contribution in [0.1, 0.15) is 25.0 Å². The van der Waals surface area contributed by atoms with Crippen molar-refractivity contribution >= 4 is 5.82 Å². The molecule has 2 aromatic heterocycles. The fourth-order valence-corrected chi connectivity index (χ4v) is 3.40. The first kappa shape index (κ1) is 19.1. The molecule has 1 saturated heterocycles. The van der Waals surface area contributed by atoms with Crippen LogP contribution in [0.25, 0.3) is 0 Å². The van der Waals surface area contributed by atoms with Crippen molar-refractivity contribution in [3.05, 3.63) is 55.1 Å². The highest BCUT2D eigenvalue weighted by molar-refractivity contribution is 5.32. The Balaban J connectivity index is 1.63. The van der Waals surface area contributed by atoms with Crippen molar-refractivity contribution in [2.45, 2.75) is 38.8 Å². The van der Waals surface area contributed by atoms with Gasteiger partial charge in [0.15, 0.2) is 0 Å². The lowest BCUT2D eigenvalue weighted by Gasteiger charge is -2.36. The van der Waals surface area contributed by atoms with Gasteiger partial charge in [-0.3, -0.25) is 24.0 Å². The van der Waals surface area contributed by atoms with Crippen molar-refractivity contribution in [3.63, 3.8) is 0 Å². The highest BCUT2D eigenvalue weighted by Gasteiger charge is 2.22. The van der Waals surface area contributed by atoms with Crippen LogP contribution in [-0.4, -0.2) is 49.9 Å². The first-order valence-corrected chi connectivity index (χ1v) is 9.27. The number of nitrogens with one attached hydrogen (secondary N) is 2. The van der Waals surface area contributed by atoms with Crippen molar-refractivity contribution in [2.75, 3.05) is 25.0 Å². The minimum atomic E-state index is -0.435. The Hall–Kier alpha value is -2.68. The molecule has 0 spiro atoms. The van der Waals surface area contributed by atoms with Gasteiger partial charge >= 0.3 is 5.69 Å². The molecule has 0 amide bonds. The number of H-pyrrole nitrogens is 1. The monoisotopic (exact) mass is 374 g/mol. The summed E-state index contributed by atoms with van der Waals surface area (Å²) in [6, 6.07) is 4.93.